The molecule has 4 amide bonds. The van der Waals surface area contributed by atoms with Crippen molar-refractivity contribution in [3.8, 4) is 0 Å². The van der Waals surface area contributed by atoms with Gasteiger partial charge in [0.25, 0.3) is 0 Å². The van der Waals surface area contributed by atoms with E-state index in [0.717, 1.165) is 18.2 Å². The van der Waals surface area contributed by atoms with Crippen LogP contribution in [0.5, 0.6) is 0 Å². The Morgan fingerprint density at radius 3 is 2.30 bits per heavy atom. The molecule has 2 heterocycles. The van der Waals surface area contributed by atoms with E-state index in [0.29, 0.717) is 62.5 Å². The molecule has 10 nitrogen and oxygen atoms in total. The lowest BCUT2D eigenvalue weighted by Crippen LogP contribution is -2.44. The molecule has 0 aliphatic carbocycles. The number of carbonyl (C=O) groups is 3. The van der Waals surface area contributed by atoms with Gasteiger partial charge < -0.3 is 20.9 Å². The molecule has 2 aromatic carbocycles. The van der Waals surface area contributed by atoms with Gasteiger partial charge in [-0.05, 0) is 73.6 Å². The molecule has 2 aliphatic heterocycles. The topological polar surface area (TPSA) is 128 Å². The van der Waals surface area contributed by atoms with Crippen molar-refractivity contribution in [1.82, 2.24) is 10.2 Å². The van der Waals surface area contributed by atoms with Gasteiger partial charge >= 0.3 is 17.8 Å². The van der Waals surface area contributed by atoms with Gasteiger partial charge in [0, 0.05) is 37.6 Å². The summed E-state index contributed by atoms with van der Waals surface area (Å²) in [6, 6.07) is 10.3. The molecule has 0 radical (unpaired) electrons. The molecular weight excluding hydrogens is 501 g/mol. The van der Waals surface area contributed by atoms with Crippen molar-refractivity contribution in [1.29, 1.82) is 0 Å². The molecule has 37 heavy (non-hydrogen) atoms. The van der Waals surface area contributed by atoms with E-state index in [4.69, 9.17) is 0 Å². The minimum Gasteiger partial charge on any atom is -0.348 e. The van der Waals surface area contributed by atoms with Crippen LogP contribution in [0.2, 0.25) is 0 Å². The predicted octanol–water partition coefficient (Wildman–Crippen LogP) is 2.54. The molecule has 0 atom stereocenters. The van der Waals surface area contributed by atoms with Crippen LogP contribution in [0.3, 0.4) is 0 Å². The van der Waals surface area contributed by atoms with Crippen molar-refractivity contribution in [2.75, 3.05) is 47.4 Å². The zero-order valence-electron chi connectivity index (χ0n) is 20.5. The monoisotopic (exact) mass is 531 g/mol. The maximum absolute atomic E-state index is 13.0. The Labute approximate surface area is 215 Å². The van der Waals surface area contributed by atoms with Crippen LogP contribution in [0.15, 0.2) is 42.5 Å². The summed E-state index contributed by atoms with van der Waals surface area (Å²) >= 11 is 0. The van der Waals surface area contributed by atoms with Crippen molar-refractivity contribution in [3.05, 3.63) is 53.8 Å². The fraction of sp³-hybridized carbons (Fsp3) is 0.400. The predicted molar refractivity (Wildman–Crippen MR) is 138 cm³/mol. The second-order valence-electron chi connectivity index (χ2n) is 9.31. The molecular formula is C25H30FN5O5S. The number of halogens is 1. The highest BCUT2D eigenvalue weighted by Gasteiger charge is 2.26. The lowest BCUT2D eigenvalue weighted by atomic mass is 9.97. The van der Waals surface area contributed by atoms with E-state index < -0.39 is 21.8 Å². The van der Waals surface area contributed by atoms with Gasteiger partial charge in [-0.3, -0.25) is 13.9 Å². The Morgan fingerprint density at radius 1 is 0.946 bits per heavy atom. The van der Waals surface area contributed by atoms with E-state index in [-0.39, 0.29) is 17.8 Å². The molecule has 0 bridgehead atoms. The quantitative estimate of drug-likeness (QED) is 0.511. The van der Waals surface area contributed by atoms with Crippen LogP contribution >= 0.6 is 0 Å². The molecule has 4 rings (SSSR count). The lowest BCUT2D eigenvalue weighted by Gasteiger charge is -2.32. The van der Waals surface area contributed by atoms with E-state index in [1.54, 1.807) is 23.1 Å². The number of anilines is 3. The maximum Gasteiger partial charge on any atom is 0.321 e. The van der Waals surface area contributed by atoms with Crippen LogP contribution in [0.4, 0.5) is 26.2 Å². The van der Waals surface area contributed by atoms with Gasteiger partial charge in [0.2, 0.25) is 10.0 Å². The summed E-state index contributed by atoms with van der Waals surface area (Å²) in [4.78, 5) is 38.9. The standard InChI is InChI=1S/C25H30FN5O5S/c1-37(35,36)31-12-2-3-18-4-7-21(15-22(18)31)28-24(33)23(32)27-16-17-10-13-30(14-11-17)25(34)29-20-8-5-19(26)6-9-20/h4-9,15,17H,2-3,10-14,16H2,1H3,(H,27,32)(H,28,33)(H,29,34). The fourth-order valence-corrected chi connectivity index (χ4v) is 5.53. The first-order valence-electron chi connectivity index (χ1n) is 12.1. The normalized spacial score (nSPS) is 16.1. The number of benzene rings is 2. The molecule has 1 fully saturated rings. The SMILES string of the molecule is CS(=O)(=O)N1CCCc2ccc(NC(=O)C(=O)NCC3CCN(C(=O)Nc4ccc(F)cc4)CC3)cc21. The van der Waals surface area contributed by atoms with Gasteiger partial charge in [-0.1, -0.05) is 6.07 Å². The number of hydrogen-bond acceptors (Lipinski definition) is 5. The third-order valence-electron chi connectivity index (χ3n) is 6.57. The second-order valence-corrected chi connectivity index (χ2v) is 11.2. The first kappa shape index (κ1) is 26.4. The average molecular weight is 532 g/mol. The molecule has 0 aromatic heterocycles. The lowest BCUT2D eigenvalue weighted by molar-refractivity contribution is -0.136. The number of carbonyl (C=O) groups excluding carboxylic acids is 3. The largest absolute Gasteiger partial charge is 0.348 e. The molecule has 12 heteroatoms. The van der Waals surface area contributed by atoms with E-state index in [2.05, 4.69) is 16.0 Å². The third-order valence-corrected chi connectivity index (χ3v) is 7.75. The summed E-state index contributed by atoms with van der Waals surface area (Å²) in [5, 5.41) is 7.92. The first-order chi connectivity index (χ1) is 17.6. The number of piperidine rings is 1. The van der Waals surface area contributed by atoms with Gasteiger partial charge in [0.05, 0.1) is 11.9 Å². The summed E-state index contributed by atoms with van der Waals surface area (Å²) < 4.78 is 38.6. The van der Waals surface area contributed by atoms with Crippen LogP contribution in [0, 0.1) is 11.7 Å². The third kappa shape index (κ3) is 6.76. The van der Waals surface area contributed by atoms with Crippen LogP contribution in [-0.2, 0) is 26.0 Å². The van der Waals surface area contributed by atoms with Crippen molar-refractivity contribution < 1.29 is 27.2 Å². The highest BCUT2D eigenvalue weighted by Crippen LogP contribution is 2.31. The zero-order valence-corrected chi connectivity index (χ0v) is 21.3. The molecule has 0 spiro atoms. The van der Waals surface area contributed by atoms with E-state index in [1.807, 2.05) is 0 Å². The van der Waals surface area contributed by atoms with Crippen LogP contribution in [-0.4, -0.2) is 63.6 Å². The van der Waals surface area contributed by atoms with Crippen molar-refractivity contribution >= 4 is 44.9 Å². The average Bonchev–Trinajstić information content (AvgIpc) is 2.87. The summed E-state index contributed by atoms with van der Waals surface area (Å²) in [7, 11) is -3.45. The van der Waals surface area contributed by atoms with E-state index >= 15 is 0 Å². The number of likely N-dealkylation sites (tertiary alicyclic amines) is 1. The smallest absolute Gasteiger partial charge is 0.321 e. The van der Waals surface area contributed by atoms with Gasteiger partial charge in [-0.15, -0.1) is 0 Å². The first-order valence-corrected chi connectivity index (χ1v) is 14.0. The Balaban J connectivity index is 1.23. The minimum atomic E-state index is -3.45. The van der Waals surface area contributed by atoms with E-state index in [1.165, 1.54) is 28.6 Å². The molecule has 2 aromatic rings. The number of nitrogens with zero attached hydrogens (tertiary/aromatic N) is 2. The second kappa shape index (κ2) is 11.2. The molecule has 0 unspecified atom stereocenters. The Kier molecular flexibility index (Phi) is 7.96. The van der Waals surface area contributed by atoms with Crippen LogP contribution in [0.1, 0.15) is 24.8 Å². The fourth-order valence-electron chi connectivity index (χ4n) is 4.54. The number of nitrogens with one attached hydrogen (secondary N) is 3. The van der Waals surface area contributed by atoms with Crippen molar-refractivity contribution in [2.45, 2.75) is 25.7 Å². The molecule has 198 valence electrons. The molecule has 0 saturated carbocycles. The molecule has 2 aliphatic rings. The Hall–Kier alpha value is -3.67. The Morgan fingerprint density at radius 2 is 1.62 bits per heavy atom. The number of fused-ring (bicyclic) bond motifs is 1. The van der Waals surface area contributed by atoms with E-state index in [9.17, 15) is 27.2 Å². The summed E-state index contributed by atoms with van der Waals surface area (Å²) in [5.41, 5.74) is 2.24. The summed E-state index contributed by atoms with van der Waals surface area (Å²) in [5.74, 6) is -1.89. The van der Waals surface area contributed by atoms with Gasteiger partial charge in [0.1, 0.15) is 5.82 Å². The zero-order chi connectivity index (χ0) is 26.6. The van der Waals surface area contributed by atoms with Crippen molar-refractivity contribution in [3.63, 3.8) is 0 Å². The Bertz CT molecular complexity index is 1280. The van der Waals surface area contributed by atoms with Gasteiger partial charge in [-0.2, -0.15) is 0 Å². The number of hydrogen-bond donors (Lipinski definition) is 3. The number of amides is 4. The summed E-state index contributed by atoms with van der Waals surface area (Å²) in [6.07, 6.45) is 3.91. The number of aryl methyl sites for hydroxylation is 1. The van der Waals surface area contributed by atoms with Crippen LogP contribution < -0.4 is 20.3 Å². The summed E-state index contributed by atoms with van der Waals surface area (Å²) in [6.45, 7) is 1.65. The number of rotatable bonds is 5. The molecule has 1 saturated heterocycles. The number of sulfonamides is 1. The van der Waals surface area contributed by atoms with Gasteiger partial charge in [0.15, 0.2) is 0 Å². The van der Waals surface area contributed by atoms with Crippen LogP contribution in [0.25, 0.3) is 0 Å². The highest BCUT2D eigenvalue weighted by atomic mass is 32.2. The number of urea groups is 1. The molecule has 3 N–H and O–H groups in total. The highest BCUT2D eigenvalue weighted by molar-refractivity contribution is 7.92. The van der Waals surface area contributed by atoms with Gasteiger partial charge in [-0.25, -0.2) is 17.6 Å². The maximum atomic E-state index is 13.0. The van der Waals surface area contributed by atoms with Crippen molar-refractivity contribution in [2.24, 2.45) is 5.92 Å². The minimum absolute atomic E-state index is 0.110.